The van der Waals surface area contributed by atoms with Crippen LogP contribution in [-0.4, -0.2) is 46.9 Å². The van der Waals surface area contributed by atoms with Gasteiger partial charge in [0.1, 0.15) is 18.3 Å². The number of carbonyl (C=O) groups is 2. The largest absolute Gasteiger partial charge is 0.480 e. The van der Waals surface area contributed by atoms with Gasteiger partial charge >= 0.3 is 12.1 Å². The Kier molecular flexibility index (Phi) is 3.51. The summed E-state index contributed by atoms with van der Waals surface area (Å²) in [5.74, 6) is -1.23. The van der Waals surface area contributed by atoms with Crippen LogP contribution in [0.25, 0.3) is 0 Å². The van der Waals surface area contributed by atoms with Crippen molar-refractivity contribution in [3.8, 4) is 0 Å². The highest BCUT2D eigenvalue weighted by Gasteiger charge is 2.51. The van der Waals surface area contributed by atoms with Crippen LogP contribution in [0.4, 0.5) is 9.18 Å². The number of ether oxygens (including phenoxy) is 1. The van der Waals surface area contributed by atoms with E-state index in [2.05, 4.69) is 6.58 Å². The van der Waals surface area contributed by atoms with Crippen LogP contribution in [0.1, 0.15) is 13.3 Å². The normalized spacial score (nSPS) is 28.9. The van der Waals surface area contributed by atoms with Crippen LogP contribution in [0.5, 0.6) is 0 Å². The molecule has 16 heavy (non-hydrogen) atoms. The third-order valence-corrected chi connectivity index (χ3v) is 2.60. The van der Waals surface area contributed by atoms with Crippen molar-refractivity contribution in [2.45, 2.75) is 25.1 Å². The lowest BCUT2D eigenvalue weighted by Crippen LogP contribution is -2.50. The number of carboxylic acid groups (broad SMARTS) is 1. The standard InChI is InChI=1S/C10H14FNO4/c1-3-4-16-9(15)12-6-7(11)5-10(12,2)8(13)14/h3,7H,1,4-6H2,2H3,(H,13,14). The summed E-state index contributed by atoms with van der Waals surface area (Å²) in [5.41, 5.74) is -1.53. The molecule has 1 fully saturated rings. The average molecular weight is 231 g/mol. The zero-order chi connectivity index (χ0) is 12.3. The Morgan fingerprint density at radius 2 is 2.38 bits per heavy atom. The summed E-state index contributed by atoms with van der Waals surface area (Å²) in [6, 6.07) is 0. The monoisotopic (exact) mass is 231 g/mol. The fourth-order valence-corrected chi connectivity index (χ4v) is 1.69. The number of hydrogen-bond acceptors (Lipinski definition) is 3. The Labute approximate surface area is 92.5 Å². The van der Waals surface area contributed by atoms with Gasteiger partial charge < -0.3 is 9.84 Å². The first kappa shape index (κ1) is 12.5. The maximum Gasteiger partial charge on any atom is 0.411 e. The van der Waals surface area contributed by atoms with Gasteiger partial charge in [-0.1, -0.05) is 12.7 Å². The molecular formula is C10H14FNO4. The molecule has 5 nitrogen and oxygen atoms in total. The number of carboxylic acids is 1. The van der Waals surface area contributed by atoms with Gasteiger partial charge in [0.25, 0.3) is 0 Å². The molecule has 90 valence electrons. The molecule has 1 N–H and O–H groups in total. The van der Waals surface area contributed by atoms with Gasteiger partial charge in [-0.3, -0.25) is 4.90 Å². The van der Waals surface area contributed by atoms with Gasteiger partial charge in [-0.25, -0.2) is 14.0 Å². The third-order valence-electron chi connectivity index (χ3n) is 2.60. The Hall–Kier alpha value is -1.59. The van der Waals surface area contributed by atoms with Gasteiger partial charge in [0.2, 0.25) is 0 Å². The molecule has 0 bridgehead atoms. The minimum absolute atomic E-state index is 0.0258. The smallest absolute Gasteiger partial charge is 0.411 e. The Bertz CT molecular complexity index is 320. The van der Waals surface area contributed by atoms with Crippen molar-refractivity contribution in [1.29, 1.82) is 0 Å². The summed E-state index contributed by atoms with van der Waals surface area (Å²) in [5, 5.41) is 9.00. The van der Waals surface area contributed by atoms with E-state index in [0.717, 1.165) is 4.90 Å². The van der Waals surface area contributed by atoms with E-state index in [1.807, 2.05) is 0 Å². The lowest BCUT2D eigenvalue weighted by molar-refractivity contribution is -0.147. The third kappa shape index (κ3) is 2.15. The molecule has 1 heterocycles. The second-order valence-corrected chi connectivity index (χ2v) is 3.86. The molecule has 0 radical (unpaired) electrons. The second kappa shape index (κ2) is 4.51. The highest BCUT2D eigenvalue weighted by molar-refractivity contribution is 5.84. The molecule has 0 aromatic rings. The summed E-state index contributed by atoms with van der Waals surface area (Å²) < 4.78 is 17.9. The lowest BCUT2D eigenvalue weighted by Gasteiger charge is -2.29. The van der Waals surface area contributed by atoms with Crippen molar-refractivity contribution in [1.82, 2.24) is 4.90 Å². The van der Waals surface area contributed by atoms with Gasteiger partial charge in [0.05, 0.1) is 6.54 Å². The van der Waals surface area contributed by atoms with Crippen molar-refractivity contribution in [3.63, 3.8) is 0 Å². The van der Waals surface area contributed by atoms with Crippen molar-refractivity contribution in [2.75, 3.05) is 13.2 Å². The highest BCUT2D eigenvalue weighted by atomic mass is 19.1. The predicted octanol–water partition coefficient (Wildman–Crippen LogP) is 1.20. The van der Waals surface area contributed by atoms with Crippen LogP contribution < -0.4 is 0 Å². The molecule has 2 unspecified atom stereocenters. The van der Waals surface area contributed by atoms with Crippen LogP contribution >= 0.6 is 0 Å². The molecule has 0 saturated carbocycles. The molecule has 2 atom stereocenters. The molecule has 1 rings (SSSR count). The zero-order valence-electron chi connectivity index (χ0n) is 8.98. The number of amides is 1. The SMILES string of the molecule is C=CCOC(=O)N1CC(F)CC1(C)C(=O)O. The maximum absolute atomic E-state index is 13.2. The van der Waals surface area contributed by atoms with E-state index in [4.69, 9.17) is 9.84 Å². The van der Waals surface area contributed by atoms with Crippen molar-refractivity contribution in [2.24, 2.45) is 0 Å². The topological polar surface area (TPSA) is 66.8 Å². The molecule has 0 spiro atoms. The molecule has 1 aliphatic rings. The van der Waals surface area contributed by atoms with Crippen LogP contribution in [0.3, 0.4) is 0 Å². The molecular weight excluding hydrogens is 217 g/mol. The van der Waals surface area contributed by atoms with Crippen LogP contribution in [0.15, 0.2) is 12.7 Å². The maximum atomic E-state index is 13.2. The van der Waals surface area contributed by atoms with E-state index < -0.39 is 23.8 Å². The summed E-state index contributed by atoms with van der Waals surface area (Å²) in [6.45, 7) is 4.39. The number of aliphatic carboxylic acids is 1. The Morgan fingerprint density at radius 1 is 1.75 bits per heavy atom. The molecule has 1 amide bonds. The van der Waals surface area contributed by atoms with Gasteiger partial charge in [-0.2, -0.15) is 0 Å². The number of hydrogen-bond donors (Lipinski definition) is 1. The minimum atomic E-state index is -1.53. The number of rotatable bonds is 3. The van der Waals surface area contributed by atoms with Crippen LogP contribution in [0, 0.1) is 0 Å². The molecule has 6 heteroatoms. The predicted molar refractivity (Wildman–Crippen MR) is 53.8 cm³/mol. The van der Waals surface area contributed by atoms with Gasteiger partial charge in [-0.05, 0) is 6.92 Å². The number of alkyl halides is 1. The Morgan fingerprint density at radius 3 is 2.88 bits per heavy atom. The van der Waals surface area contributed by atoms with E-state index in [1.54, 1.807) is 0 Å². The fraction of sp³-hybridized carbons (Fsp3) is 0.600. The molecule has 0 aromatic heterocycles. The van der Waals surface area contributed by atoms with Crippen molar-refractivity contribution < 1.29 is 23.8 Å². The zero-order valence-corrected chi connectivity index (χ0v) is 8.98. The van der Waals surface area contributed by atoms with Crippen molar-refractivity contribution in [3.05, 3.63) is 12.7 Å². The van der Waals surface area contributed by atoms with Crippen LogP contribution in [-0.2, 0) is 9.53 Å². The van der Waals surface area contributed by atoms with E-state index >= 15 is 0 Å². The van der Waals surface area contributed by atoms with E-state index in [1.165, 1.54) is 13.0 Å². The van der Waals surface area contributed by atoms with E-state index in [-0.39, 0.29) is 19.6 Å². The first-order valence-electron chi connectivity index (χ1n) is 4.84. The molecule has 1 aliphatic heterocycles. The lowest BCUT2D eigenvalue weighted by atomic mass is 9.99. The molecule has 1 saturated heterocycles. The Balaban J connectivity index is 2.81. The van der Waals surface area contributed by atoms with E-state index in [0.29, 0.717) is 0 Å². The molecule has 0 aromatic carbocycles. The summed E-state index contributed by atoms with van der Waals surface area (Å²) in [7, 11) is 0. The number of carbonyl (C=O) groups excluding carboxylic acids is 1. The number of likely N-dealkylation sites (tertiary alicyclic amines) is 1. The quantitative estimate of drug-likeness (QED) is 0.741. The number of halogens is 1. The summed E-state index contributed by atoms with van der Waals surface area (Å²) >= 11 is 0. The average Bonchev–Trinajstić information content (AvgIpc) is 2.52. The fourth-order valence-electron chi connectivity index (χ4n) is 1.69. The summed E-state index contributed by atoms with van der Waals surface area (Å²) in [6.07, 6.45) is -1.02. The highest BCUT2D eigenvalue weighted by Crippen LogP contribution is 2.31. The van der Waals surface area contributed by atoms with Gasteiger partial charge in [0, 0.05) is 6.42 Å². The molecule has 0 aliphatic carbocycles. The van der Waals surface area contributed by atoms with Gasteiger partial charge in [-0.15, -0.1) is 0 Å². The number of nitrogens with zero attached hydrogens (tertiary/aromatic N) is 1. The van der Waals surface area contributed by atoms with Gasteiger partial charge in [0.15, 0.2) is 0 Å². The first-order valence-corrected chi connectivity index (χ1v) is 4.84. The van der Waals surface area contributed by atoms with E-state index in [9.17, 15) is 14.0 Å². The summed E-state index contributed by atoms with van der Waals surface area (Å²) in [4.78, 5) is 23.4. The van der Waals surface area contributed by atoms with Crippen LogP contribution in [0.2, 0.25) is 0 Å². The second-order valence-electron chi connectivity index (χ2n) is 3.86. The first-order chi connectivity index (χ1) is 7.41. The minimum Gasteiger partial charge on any atom is -0.480 e. The van der Waals surface area contributed by atoms with Crippen molar-refractivity contribution >= 4 is 12.1 Å².